The van der Waals surface area contributed by atoms with Gasteiger partial charge in [0, 0.05) is 0 Å². The van der Waals surface area contributed by atoms with Gasteiger partial charge in [0.25, 0.3) is 5.91 Å². The molecule has 7 heteroatoms. The molecule has 1 aromatic heterocycles. The number of nitrogens with one attached hydrogen (secondary N) is 2. The summed E-state index contributed by atoms with van der Waals surface area (Å²) in [6, 6.07) is 3.66. The van der Waals surface area contributed by atoms with Crippen LogP contribution in [0.5, 0.6) is 0 Å². The number of hydrogen-bond donors (Lipinski definition) is 2. The molecule has 0 spiro atoms. The number of aromatic amines is 1. The van der Waals surface area contributed by atoms with E-state index in [0.29, 0.717) is 5.82 Å². The summed E-state index contributed by atoms with van der Waals surface area (Å²) < 4.78 is 13.5. The van der Waals surface area contributed by atoms with Gasteiger partial charge in [-0.05, 0) is 19.1 Å². The van der Waals surface area contributed by atoms with Crippen molar-refractivity contribution in [3.05, 3.63) is 46.8 Å². The summed E-state index contributed by atoms with van der Waals surface area (Å²) >= 11 is 5.80. The van der Waals surface area contributed by atoms with E-state index in [1.165, 1.54) is 24.5 Å². The second kappa shape index (κ2) is 5.14. The lowest BCUT2D eigenvalue weighted by molar-refractivity contribution is 0.0934. The first-order valence-electron chi connectivity index (χ1n) is 5.19. The molecule has 2 aromatic rings. The van der Waals surface area contributed by atoms with Crippen LogP contribution < -0.4 is 5.32 Å². The SMILES string of the molecule is CC(NC(=O)c1c(F)cccc1Cl)c1ncn[nH]1. The zero-order chi connectivity index (χ0) is 13.1. The van der Waals surface area contributed by atoms with Gasteiger partial charge in [-0.1, -0.05) is 17.7 Å². The molecular weight excluding hydrogens is 259 g/mol. The second-order valence-electron chi connectivity index (χ2n) is 3.66. The summed E-state index contributed by atoms with van der Waals surface area (Å²) in [6.07, 6.45) is 1.33. The summed E-state index contributed by atoms with van der Waals surface area (Å²) in [5, 5.41) is 8.94. The first kappa shape index (κ1) is 12.5. The van der Waals surface area contributed by atoms with Crippen molar-refractivity contribution in [3.8, 4) is 0 Å². The van der Waals surface area contributed by atoms with Crippen LogP contribution in [0.1, 0.15) is 29.1 Å². The molecule has 0 aliphatic rings. The van der Waals surface area contributed by atoms with E-state index in [0.717, 1.165) is 0 Å². The summed E-state index contributed by atoms with van der Waals surface area (Å²) in [5.41, 5.74) is -0.175. The fourth-order valence-corrected chi connectivity index (χ4v) is 1.72. The lowest BCUT2D eigenvalue weighted by atomic mass is 10.2. The quantitative estimate of drug-likeness (QED) is 0.895. The number of rotatable bonds is 3. The molecule has 94 valence electrons. The summed E-state index contributed by atoms with van der Waals surface area (Å²) in [6.45, 7) is 1.70. The third-order valence-corrected chi connectivity index (χ3v) is 2.70. The standard InChI is InChI=1S/C11H10ClFN4O/c1-6(10-14-5-15-17-10)16-11(18)9-7(12)3-2-4-8(9)13/h2-6H,1H3,(H,16,18)(H,14,15,17). The lowest BCUT2D eigenvalue weighted by Gasteiger charge is -2.12. The van der Waals surface area contributed by atoms with Crippen LogP contribution in [-0.2, 0) is 0 Å². The van der Waals surface area contributed by atoms with Crippen LogP contribution in [0.3, 0.4) is 0 Å². The van der Waals surface area contributed by atoms with E-state index in [4.69, 9.17) is 11.6 Å². The predicted octanol–water partition coefficient (Wildman–Crippen LogP) is 2.09. The van der Waals surface area contributed by atoms with E-state index in [2.05, 4.69) is 20.5 Å². The smallest absolute Gasteiger partial charge is 0.256 e. The Balaban J connectivity index is 2.18. The third-order valence-electron chi connectivity index (χ3n) is 2.38. The Kier molecular flexibility index (Phi) is 3.57. The molecule has 5 nitrogen and oxygen atoms in total. The largest absolute Gasteiger partial charge is 0.342 e. The van der Waals surface area contributed by atoms with Crippen molar-refractivity contribution in [1.82, 2.24) is 20.5 Å². The number of halogens is 2. The second-order valence-corrected chi connectivity index (χ2v) is 4.07. The highest BCUT2D eigenvalue weighted by molar-refractivity contribution is 6.33. The molecule has 0 aliphatic carbocycles. The van der Waals surface area contributed by atoms with Gasteiger partial charge in [-0.15, -0.1) is 0 Å². The van der Waals surface area contributed by atoms with Crippen LogP contribution in [-0.4, -0.2) is 21.1 Å². The molecule has 2 N–H and O–H groups in total. The highest BCUT2D eigenvalue weighted by Crippen LogP contribution is 2.19. The van der Waals surface area contributed by atoms with Crippen molar-refractivity contribution in [3.63, 3.8) is 0 Å². The Hall–Kier alpha value is -1.95. The molecule has 0 aliphatic heterocycles. The van der Waals surface area contributed by atoms with Crippen molar-refractivity contribution in [2.24, 2.45) is 0 Å². The fourth-order valence-electron chi connectivity index (χ4n) is 1.48. The van der Waals surface area contributed by atoms with Gasteiger partial charge in [-0.25, -0.2) is 9.37 Å². The maximum atomic E-state index is 13.5. The Morgan fingerprint density at radius 3 is 2.94 bits per heavy atom. The molecule has 1 atom stereocenters. The first-order valence-corrected chi connectivity index (χ1v) is 5.57. The zero-order valence-corrected chi connectivity index (χ0v) is 10.2. The Morgan fingerprint density at radius 1 is 1.56 bits per heavy atom. The number of aromatic nitrogens is 3. The molecular formula is C11H10ClFN4O. The molecule has 0 saturated carbocycles. The number of H-pyrrole nitrogens is 1. The van der Waals surface area contributed by atoms with E-state index in [1.807, 2.05) is 0 Å². The number of benzene rings is 1. The first-order chi connectivity index (χ1) is 8.59. The molecule has 1 aromatic carbocycles. The maximum Gasteiger partial charge on any atom is 0.256 e. The molecule has 1 unspecified atom stereocenters. The Bertz CT molecular complexity index is 538. The lowest BCUT2D eigenvalue weighted by Crippen LogP contribution is -2.28. The molecule has 18 heavy (non-hydrogen) atoms. The predicted molar refractivity (Wildman–Crippen MR) is 63.7 cm³/mol. The van der Waals surface area contributed by atoms with Crippen molar-refractivity contribution in [2.75, 3.05) is 0 Å². The number of hydrogen-bond acceptors (Lipinski definition) is 3. The average Bonchev–Trinajstić information content (AvgIpc) is 2.81. The molecule has 0 fully saturated rings. The van der Waals surface area contributed by atoms with Crippen LogP contribution in [0, 0.1) is 5.82 Å². The molecule has 2 rings (SSSR count). The summed E-state index contributed by atoms with van der Waals surface area (Å²) in [4.78, 5) is 15.8. The van der Waals surface area contributed by atoms with Gasteiger partial charge in [0.2, 0.25) is 0 Å². The van der Waals surface area contributed by atoms with Crippen LogP contribution in [0.15, 0.2) is 24.5 Å². The summed E-state index contributed by atoms with van der Waals surface area (Å²) in [7, 11) is 0. The van der Waals surface area contributed by atoms with Gasteiger partial charge < -0.3 is 5.32 Å². The van der Waals surface area contributed by atoms with Gasteiger partial charge in [0.1, 0.15) is 18.0 Å². The maximum absolute atomic E-state index is 13.5. The van der Waals surface area contributed by atoms with Crippen LogP contribution in [0.4, 0.5) is 4.39 Å². The number of amides is 1. The van der Waals surface area contributed by atoms with Crippen molar-refractivity contribution in [1.29, 1.82) is 0 Å². The average molecular weight is 269 g/mol. The highest BCUT2D eigenvalue weighted by Gasteiger charge is 2.19. The van der Waals surface area contributed by atoms with Gasteiger partial charge in [0.05, 0.1) is 16.6 Å². The number of carbonyl (C=O) groups excluding carboxylic acids is 1. The van der Waals surface area contributed by atoms with Gasteiger partial charge >= 0.3 is 0 Å². The topological polar surface area (TPSA) is 70.7 Å². The minimum Gasteiger partial charge on any atom is -0.342 e. The van der Waals surface area contributed by atoms with E-state index >= 15 is 0 Å². The van der Waals surface area contributed by atoms with Crippen LogP contribution in [0.25, 0.3) is 0 Å². The van der Waals surface area contributed by atoms with E-state index in [9.17, 15) is 9.18 Å². The molecule has 1 amide bonds. The van der Waals surface area contributed by atoms with Crippen molar-refractivity contribution < 1.29 is 9.18 Å². The highest BCUT2D eigenvalue weighted by atomic mass is 35.5. The van der Waals surface area contributed by atoms with Crippen molar-refractivity contribution in [2.45, 2.75) is 13.0 Å². The van der Waals surface area contributed by atoms with E-state index < -0.39 is 17.8 Å². The number of nitrogens with zero attached hydrogens (tertiary/aromatic N) is 2. The number of carbonyl (C=O) groups is 1. The van der Waals surface area contributed by atoms with Crippen LogP contribution in [0.2, 0.25) is 5.02 Å². The minimum absolute atomic E-state index is 0.0669. The zero-order valence-electron chi connectivity index (χ0n) is 9.45. The van der Waals surface area contributed by atoms with Gasteiger partial charge in [-0.2, -0.15) is 5.10 Å². The van der Waals surface area contributed by atoms with E-state index in [-0.39, 0.29) is 10.6 Å². The fraction of sp³-hybridized carbons (Fsp3) is 0.182. The Labute approximate surface area is 107 Å². The van der Waals surface area contributed by atoms with Gasteiger partial charge in [0.15, 0.2) is 0 Å². The van der Waals surface area contributed by atoms with Crippen molar-refractivity contribution >= 4 is 17.5 Å². The molecule has 0 saturated heterocycles. The summed E-state index contributed by atoms with van der Waals surface area (Å²) in [5.74, 6) is -0.775. The Morgan fingerprint density at radius 2 is 2.33 bits per heavy atom. The van der Waals surface area contributed by atoms with E-state index in [1.54, 1.807) is 6.92 Å². The molecule has 0 radical (unpaired) electrons. The normalized spacial score (nSPS) is 12.2. The minimum atomic E-state index is -0.662. The third kappa shape index (κ3) is 2.48. The molecule has 1 heterocycles. The van der Waals surface area contributed by atoms with Crippen LogP contribution >= 0.6 is 11.6 Å². The monoisotopic (exact) mass is 268 g/mol. The molecule has 0 bridgehead atoms. The van der Waals surface area contributed by atoms with Gasteiger partial charge in [-0.3, -0.25) is 9.89 Å².